The molecule has 4 rings (SSSR count). The molecular weight excluding hydrogens is 409 g/mol. The molecular formula is C21H19Cl2N5O. The summed E-state index contributed by atoms with van der Waals surface area (Å²) in [6.07, 6.45) is 3.65. The van der Waals surface area contributed by atoms with Crippen LogP contribution in [0.1, 0.15) is 11.3 Å². The van der Waals surface area contributed by atoms with Crippen LogP contribution >= 0.6 is 23.2 Å². The Balaban J connectivity index is 1.32. The molecule has 2 aromatic carbocycles. The molecule has 0 aliphatic carbocycles. The van der Waals surface area contributed by atoms with E-state index in [2.05, 4.69) is 20.6 Å². The van der Waals surface area contributed by atoms with Gasteiger partial charge in [-0.1, -0.05) is 28.4 Å². The van der Waals surface area contributed by atoms with Crippen molar-refractivity contribution in [2.75, 3.05) is 11.9 Å². The highest BCUT2D eigenvalue weighted by Gasteiger charge is 2.05. The first-order valence-corrected chi connectivity index (χ1v) is 9.90. The molecule has 8 heteroatoms. The quantitative estimate of drug-likeness (QED) is 0.442. The summed E-state index contributed by atoms with van der Waals surface area (Å²) >= 11 is 12.1. The summed E-state index contributed by atoms with van der Waals surface area (Å²) < 4.78 is 7.56. The number of fused-ring (bicyclic) bond motifs is 1. The highest BCUT2D eigenvalue weighted by molar-refractivity contribution is 6.31. The summed E-state index contributed by atoms with van der Waals surface area (Å²) in [5, 5.41) is 14.2. The van der Waals surface area contributed by atoms with Gasteiger partial charge in [-0.05, 0) is 55.0 Å². The molecule has 0 saturated carbocycles. The molecule has 0 amide bonds. The fraction of sp³-hybridized carbons (Fsp3) is 0.190. The van der Waals surface area contributed by atoms with Gasteiger partial charge < -0.3 is 10.1 Å². The molecule has 2 aromatic heterocycles. The highest BCUT2D eigenvalue weighted by atomic mass is 35.5. The molecule has 4 aromatic rings. The molecule has 0 atom stereocenters. The lowest BCUT2D eigenvalue weighted by Crippen LogP contribution is -2.11. The summed E-state index contributed by atoms with van der Waals surface area (Å²) in [5.41, 5.74) is 3.61. The third-order valence-electron chi connectivity index (χ3n) is 4.46. The van der Waals surface area contributed by atoms with Crippen molar-refractivity contribution < 1.29 is 4.74 Å². The van der Waals surface area contributed by atoms with Crippen LogP contribution in [0.5, 0.6) is 5.75 Å². The molecule has 0 aliphatic heterocycles. The van der Waals surface area contributed by atoms with Crippen LogP contribution in [0.15, 0.2) is 54.9 Å². The van der Waals surface area contributed by atoms with E-state index in [0.29, 0.717) is 24.7 Å². The fourth-order valence-corrected chi connectivity index (χ4v) is 3.24. The number of pyridine rings is 1. The first kappa shape index (κ1) is 19.5. The molecule has 0 unspecified atom stereocenters. The smallest absolute Gasteiger partial charge is 0.134 e. The van der Waals surface area contributed by atoms with Crippen molar-refractivity contribution in [1.29, 1.82) is 0 Å². The van der Waals surface area contributed by atoms with Crippen LogP contribution in [0.25, 0.3) is 10.9 Å². The third-order valence-corrected chi connectivity index (χ3v) is 5.12. The van der Waals surface area contributed by atoms with E-state index >= 15 is 0 Å². The van der Waals surface area contributed by atoms with E-state index in [1.165, 1.54) is 0 Å². The summed E-state index contributed by atoms with van der Waals surface area (Å²) in [7, 11) is 0. The normalized spacial score (nSPS) is 11.0. The van der Waals surface area contributed by atoms with Crippen molar-refractivity contribution in [3.63, 3.8) is 0 Å². The van der Waals surface area contributed by atoms with Crippen LogP contribution in [0.2, 0.25) is 10.0 Å². The van der Waals surface area contributed by atoms with Gasteiger partial charge in [-0.15, -0.1) is 5.10 Å². The predicted molar refractivity (Wildman–Crippen MR) is 116 cm³/mol. The molecule has 2 heterocycles. The maximum Gasteiger partial charge on any atom is 0.134 e. The van der Waals surface area contributed by atoms with Gasteiger partial charge >= 0.3 is 0 Å². The molecule has 1 N–H and O–H groups in total. The van der Waals surface area contributed by atoms with E-state index in [1.54, 1.807) is 10.9 Å². The number of nitrogens with zero attached hydrogens (tertiary/aromatic N) is 4. The Morgan fingerprint density at radius 2 is 2.00 bits per heavy atom. The first-order valence-electron chi connectivity index (χ1n) is 9.14. The number of nitrogens with one attached hydrogen (secondary N) is 1. The van der Waals surface area contributed by atoms with Crippen LogP contribution in [0, 0.1) is 6.92 Å². The third kappa shape index (κ3) is 4.78. The summed E-state index contributed by atoms with van der Waals surface area (Å²) in [6, 6.07) is 13.2. The van der Waals surface area contributed by atoms with Gasteiger partial charge in [0.05, 0.1) is 18.3 Å². The number of anilines is 1. The van der Waals surface area contributed by atoms with Crippen LogP contribution in [-0.2, 0) is 13.2 Å². The van der Waals surface area contributed by atoms with E-state index in [9.17, 15) is 0 Å². The van der Waals surface area contributed by atoms with Crippen molar-refractivity contribution in [2.24, 2.45) is 0 Å². The maximum atomic E-state index is 6.04. The number of rotatable bonds is 7. The Bertz CT molecular complexity index is 1150. The van der Waals surface area contributed by atoms with E-state index in [0.717, 1.165) is 38.6 Å². The Morgan fingerprint density at radius 3 is 2.86 bits per heavy atom. The minimum Gasteiger partial charge on any atom is -0.487 e. The second-order valence-corrected chi connectivity index (χ2v) is 7.46. The van der Waals surface area contributed by atoms with Gasteiger partial charge in [0.1, 0.15) is 18.1 Å². The second kappa shape index (κ2) is 8.68. The van der Waals surface area contributed by atoms with Crippen LogP contribution < -0.4 is 10.1 Å². The lowest BCUT2D eigenvalue weighted by atomic mass is 10.2. The molecule has 29 heavy (non-hydrogen) atoms. The second-order valence-electron chi connectivity index (χ2n) is 6.62. The predicted octanol–water partition coefficient (Wildman–Crippen LogP) is 5.13. The van der Waals surface area contributed by atoms with Crippen molar-refractivity contribution in [3.8, 4) is 5.75 Å². The Hall–Kier alpha value is -2.83. The molecule has 6 nitrogen and oxygen atoms in total. The van der Waals surface area contributed by atoms with E-state index in [-0.39, 0.29) is 0 Å². The summed E-state index contributed by atoms with van der Waals surface area (Å²) in [6.45, 7) is 3.66. The Labute approximate surface area is 178 Å². The first-order chi connectivity index (χ1) is 14.1. The van der Waals surface area contributed by atoms with Gasteiger partial charge in [0, 0.05) is 33.9 Å². The SMILES string of the molecule is Cc1cc(OCc2cn(CCNc3ccnc4cc(Cl)ccc34)nn2)ccc1Cl. The zero-order chi connectivity index (χ0) is 20.2. The van der Waals surface area contributed by atoms with Crippen molar-refractivity contribution >= 4 is 39.8 Å². The average Bonchev–Trinajstić information content (AvgIpc) is 3.16. The number of aryl methyl sites for hydroxylation is 1. The highest BCUT2D eigenvalue weighted by Crippen LogP contribution is 2.24. The maximum absolute atomic E-state index is 6.04. The van der Waals surface area contributed by atoms with Crippen LogP contribution in [-0.4, -0.2) is 26.5 Å². The Morgan fingerprint density at radius 1 is 1.10 bits per heavy atom. The Kier molecular flexibility index (Phi) is 5.83. The van der Waals surface area contributed by atoms with Crippen LogP contribution in [0.4, 0.5) is 5.69 Å². The lowest BCUT2D eigenvalue weighted by Gasteiger charge is -2.09. The molecule has 0 fully saturated rings. The van der Waals surface area contributed by atoms with E-state index in [4.69, 9.17) is 27.9 Å². The number of aromatic nitrogens is 4. The van der Waals surface area contributed by atoms with Gasteiger partial charge in [0.25, 0.3) is 0 Å². The van der Waals surface area contributed by atoms with Gasteiger partial charge in [0.2, 0.25) is 0 Å². The van der Waals surface area contributed by atoms with E-state index in [1.807, 2.05) is 55.6 Å². The molecule has 0 aliphatic rings. The standard InChI is InChI=1S/C21H19Cl2N5O/c1-14-10-17(3-5-19(14)23)29-13-16-12-28(27-26-16)9-8-25-20-6-7-24-21-11-15(22)2-4-18(20)21/h2-7,10-12H,8-9,13H2,1H3,(H,24,25). The number of halogens is 2. The molecule has 0 radical (unpaired) electrons. The fourth-order valence-electron chi connectivity index (χ4n) is 2.96. The summed E-state index contributed by atoms with van der Waals surface area (Å²) in [5.74, 6) is 0.757. The topological polar surface area (TPSA) is 64.9 Å². The van der Waals surface area contributed by atoms with Gasteiger partial charge in [-0.25, -0.2) is 0 Å². The minimum atomic E-state index is 0.351. The lowest BCUT2D eigenvalue weighted by molar-refractivity contribution is 0.301. The summed E-state index contributed by atoms with van der Waals surface area (Å²) in [4.78, 5) is 4.35. The number of ether oxygens (including phenoxy) is 1. The van der Waals surface area contributed by atoms with Crippen molar-refractivity contribution in [1.82, 2.24) is 20.0 Å². The number of hydrogen-bond donors (Lipinski definition) is 1. The average molecular weight is 428 g/mol. The largest absolute Gasteiger partial charge is 0.487 e. The van der Waals surface area contributed by atoms with Crippen molar-refractivity contribution in [3.05, 3.63) is 76.2 Å². The van der Waals surface area contributed by atoms with Crippen molar-refractivity contribution in [2.45, 2.75) is 20.1 Å². The molecule has 0 saturated heterocycles. The molecule has 0 bridgehead atoms. The zero-order valence-electron chi connectivity index (χ0n) is 15.8. The monoisotopic (exact) mass is 427 g/mol. The molecule has 148 valence electrons. The van der Waals surface area contributed by atoms with Gasteiger partial charge in [0.15, 0.2) is 0 Å². The van der Waals surface area contributed by atoms with Crippen LogP contribution in [0.3, 0.4) is 0 Å². The van der Waals surface area contributed by atoms with Gasteiger partial charge in [-0.3, -0.25) is 9.67 Å². The number of benzene rings is 2. The number of hydrogen-bond acceptors (Lipinski definition) is 5. The molecule has 0 spiro atoms. The zero-order valence-corrected chi connectivity index (χ0v) is 17.3. The van der Waals surface area contributed by atoms with E-state index < -0.39 is 0 Å². The minimum absolute atomic E-state index is 0.351. The van der Waals surface area contributed by atoms with Gasteiger partial charge in [-0.2, -0.15) is 0 Å².